The highest BCUT2D eigenvalue weighted by Crippen LogP contribution is 2.28. The molecule has 2 amide bonds. The number of nitrogens with one attached hydrogen (secondary N) is 1. The van der Waals surface area contributed by atoms with E-state index in [-0.39, 0.29) is 12.4 Å². The van der Waals surface area contributed by atoms with E-state index in [4.69, 9.17) is 5.11 Å². The van der Waals surface area contributed by atoms with Crippen LogP contribution in [0.5, 0.6) is 0 Å². The van der Waals surface area contributed by atoms with Gasteiger partial charge in [0.2, 0.25) is 0 Å². The number of benzene rings is 2. The molecule has 1 aromatic heterocycles. The molecule has 3 rings (SSSR count). The molecule has 8 heteroatoms. The van der Waals surface area contributed by atoms with Gasteiger partial charge in [-0.1, -0.05) is 19.1 Å². The van der Waals surface area contributed by atoms with Crippen LogP contribution in [0.1, 0.15) is 12.5 Å². The van der Waals surface area contributed by atoms with Crippen LogP contribution in [0, 0.1) is 18.7 Å². The van der Waals surface area contributed by atoms with E-state index in [0.29, 0.717) is 17.0 Å². The Bertz CT molecular complexity index is 1090. The molecular formula is C21H23FN4O3. The van der Waals surface area contributed by atoms with Crippen molar-refractivity contribution in [3.63, 3.8) is 0 Å². The van der Waals surface area contributed by atoms with Gasteiger partial charge in [0.05, 0.1) is 17.0 Å². The minimum Gasteiger partial charge on any atom is -0.481 e. The van der Waals surface area contributed by atoms with Crippen LogP contribution in [0.3, 0.4) is 0 Å². The number of carbonyl (C=O) groups is 2. The summed E-state index contributed by atoms with van der Waals surface area (Å²) in [7, 11) is 3.40. The van der Waals surface area contributed by atoms with Crippen molar-refractivity contribution >= 4 is 28.7 Å². The van der Waals surface area contributed by atoms with E-state index >= 15 is 0 Å². The van der Waals surface area contributed by atoms with Crippen molar-refractivity contribution < 1.29 is 19.1 Å². The molecular weight excluding hydrogens is 375 g/mol. The van der Waals surface area contributed by atoms with Gasteiger partial charge < -0.3 is 19.9 Å². The number of nitrogens with zero attached hydrogens (tertiary/aromatic N) is 3. The fourth-order valence-electron chi connectivity index (χ4n) is 3.11. The number of aliphatic carboxylic acids is 1. The Morgan fingerprint density at radius 1 is 1.28 bits per heavy atom. The average Bonchev–Trinajstić information content (AvgIpc) is 2.99. The third kappa shape index (κ3) is 4.21. The summed E-state index contributed by atoms with van der Waals surface area (Å²) in [6.45, 7) is 3.51. The summed E-state index contributed by atoms with van der Waals surface area (Å²) in [4.78, 5) is 29.3. The Morgan fingerprint density at radius 3 is 2.69 bits per heavy atom. The second-order valence-corrected chi connectivity index (χ2v) is 7.21. The monoisotopic (exact) mass is 398 g/mol. The van der Waals surface area contributed by atoms with Crippen LogP contribution in [0.25, 0.3) is 22.4 Å². The summed E-state index contributed by atoms with van der Waals surface area (Å²) in [5.74, 6) is -1.33. The van der Waals surface area contributed by atoms with Gasteiger partial charge >= 0.3 is 12.0 Å². The highest BCUT2D eigenvalue weighted by atomic mass is 19.1. The number of hydrogen-bond acceptors (Lipinski definition) is 3. The quantitative estimate of drug-likeness (QED) is 0.683. The van der Waals surface area contributed by atoms with Crippen molar-refractivity contribution in [1.29, 1.82) is 0 Å². The third-order valence-electron chi connectivity index (χ3n) is 4.90. The number of carbonyl (C=O) groups excluding carboxylic acids is 1. The molecule has 0 saturated heterocycles. The summed E-state index contributed by atoms with van der Waals surface area (Å²) in [5.41, 5.74) is 3.57. The van der Waals surface area contributed by atoms with Gasteiger partial charge in [0.15, 0.2) is 0 Å². The number of fused-ring (bicyclic) bond motifs is 1. The van der Waals surface area contributed by atoms with Gasteiger partial charge in [0.25, 0.3) is 0 Å². The van der Waals surface area contributed by atoms with Crippen LogP contribution < -0.4 is 5.32 Å². The zero-order chi connectivity index (χ0) is 21.3. The maximum atomic E-state index is 13.5. The molecule has 7 nitrogen and oxygen atoms in total. The molecule has 152 valence electrons. The summed E-state index contributed by atoms with van der Waals surface area (Å²) in [6, 6.07) is 9.61. The van der Waals surface area contributed by atoms with Crippen LogP contribution in [0.4, 0.5) is 14.9 Å². The highest BCUT2D eigenvalue weighted by Gasteiger charge is 2.18. The lowest BCUT2D eigenvalue weighted by Crippen LogP contribution is -2.36. The Hall–Kier alpha value is -3.42. The number of carboxylic acid groups (broad SMARTS) is 1. The zero-order valence-corrected chi connectivity index (χ0v) is 16.7. The van der Waals surface area contributed by atoms with E-state index in [2.05, 4.69) is 10.3 Å². The Labute approximate surface area is 167 Å². The second kappa shape index (κ2) is 7.90. The minimum absolute atomic E-state index is 0.0935. The first-order valence-electron chi connectivity index (χ1n) is 9.15. The van der Waals surface area contributed by atoms with Crippen LogP contribution in [-0.4, -0.2) is 45.2 Å². The Kier molecular flexibility index (Phi) is 5.54. The Balaban J connectivity index is 1.88. The SMILES string of the molecule is Cc1ccc(-c2nc3cc(F)ccc3n2C)cc1NC(=O)N(C)CC(C)C(=O)O. The maximum absolute atomic E-state index is 13.5. The lowest BCUT2D eigenvalue weighted by molar-refractivity contribution is -0.141. The van der Waals surface area contributed by atoms with E-state index < -0.39 is 17.9 Å². The number of aryl methyl sites for hydroxylation is 2. The van der Waals surface area contributed by atoms with Gasteiger partial charge in [-0.15, -0.1) is 0 Å². The van der Waals surface area contributed by atoms with Crippen LogP contribution >= 0.6 is 0 Å². The van der Waals surface area contributed by atoms with Crippen molar-refractivity contribution in [3.05, 3.63) is 47.8 Å². The highest BCUT2D eigenvalue weighted by molar-refractivity contribution is 5.91. The number of urea groups is 1. The van der Waals surface area contributed by atoms with E-state index in [1.807, 2.05) is 30.7 Å². The molecule has 0 bridgehead atoms. The average molecular weight is 398 g/mol. The van der Waals surface area contributed by atoms with Gasteiger partial charge in [0, 0.05) is 38.0 Å². The molecule has 1 atom stereocenters. The van der Waals surface area contributed by atoms with Gasteiger partial charge in [-0.3, -0.25) is 4.79 Å². The van der Waals surface area contributed by atoms with Gasteiger partial charge in [-0.25, -0.2) is 14.2 Å². The summed E-state index contributed by atoms with van der Waals surface area (Å²) in [6.07, 6.45) is 0. The second-order valence-electron chi connectivity index (χ2n) is 7.21. The molecule has 0 aliphatic carbocycles. The van der Waals surface area contributed by atoms with Gasteiger partial charge in [-0.05, 0) is 30.7 Å². The number of carboxylic acids is 1. The molecule has 29 heavy (non-hydrogen) atoms. The lowest BCUT2D eigenvalue weighted by atomic mass is 10.1. The van der Waals surface area contributed by atoms with Crippen molar-refractivity contribution in [1.82, 2.24) is 14.5 Å². The van der Waals surface area contributed by atoms with Crippen molar-refractivity contribution in [2.24, 2.45) is 13.0 Å². The standard InChI is InChI=1S/C21H23FN4O3/c1-12-5-6-14(19-23-17-10-15(22)7-8-18(17)26(19)4)9-16(12)24-21(29)25(3)11-13(2)20(27)28/h5-10,13H,11H2,1-4H3,(H,24,29)(H,27,28). The first-order chi connectivity index (χ1) is 13.7. The van der Waals surface area contributed by atoms with Crippen molar-refractivity contribution in [3.8, 4) is 11.4 Å². The molecule has 0 spiro atoms. The largest absolute Gasteiger partial charge is 0.481 e. The van der Waals surface area contributed by atoms with Gasteiger partial charge in [-0.2, -0.15) is 0 Å². The number of amides is 2. The summed E-state index contributed by atoms with van der Waals surface area (Å²) >= 11 is 0. The molecule has 0 radical (unpaired) electrons. The lowest BCUT2D eigenvalue weighted by Gasteiger charge is -2.21. The fraction of sp³-hybridized carbons (Fsp3) is 0.286. The number of hydrogen-bond donors (Lipinski definition) is 2. The Morgan fingerprint density at radius 2 is 2.00 bits per heavy atom. The molecule has 0 saturated carbocycles. The molecule has 1 heterocycles. The first-order valence-corrected chi connectivity index (χ1v) is 9.15. The molecule has 0 aliphatic rings. The molecule has 2 aromatic carbocycles. The van der Waals surface area contributed by atoms with E-state index in [9.17, 15) is 14.0 Å². The molecule has 2 N–H and O–H groups in total. The predicted octanol–water partition coefficient (Wildman–Crippen LogP) is 3.87. The van der Waals surface area contributed by atoms with E-state index in [1.54, 1.807) is 26.1 Å². The van der Waals surface area contributed by atoms with Gasteiger partial charge in [0.1, 0.15) is 11.6 Å². The number of aromatic nitrogens is 2. The zero-order valence-electron chi connectivity index (χ0n) is 16.7. The van der Waals surface area contributed by atoms with Crippen molar-refractivity contribution in [2.75, 3.05) is 18.9 Å². The normalized spacial score (nSPS) is 12.0. The number of rotatable bonds is 5. The van der Waals surface area contributed by atoms with Crippen LogP contribution in [0.15, 0.2) is 36.4 Å². The van der Waals surface area contributed by atoms with E-state index in [0.717, 1.165) is 16.6 Å². The smallest absolute Gasteiger partial charge is 0.321 e. The topological polar surface area (TPSA) is 87.5 Å². The number of halogens is 1. The van der Waals surface area contributed by atoms with E-state index in [1.165, 1.54) is 17.0 Å². The van der Waals surface area contributed by atoms with Crippen LogP contribution in [0.2, 0.25) is 0 Å². The first kappa shape index (κ1) is 20.3. The summed E-state index contributed by atoms with van der Waals surface area (Å²) < 4.78 is 15.4. The molecule has 0 fully saturated rings. The fourth-order valence-corrected chi connectivity index (χ4v) is 3.11. The molecule has 3 aromatic rings. The third-order valence-corrected chi connectivity index (χ3v) is 4.90. The maximum Gasteiger partial charge on any atom is 0.321 e. The predicted molar refractivity (Wildman–Crippen MR) is 109 cm³/mol. The molecule has 0 aliphatic heterocycles. The molecule has 1 unspecified atom stereocenters. The summed E-state index contributed by atoms with van der Waals surface area (Å²) in [5, 5.41) is 11.8. The minimum atomic E-state index is -0.957. The number of imidazole rings is 1. The van der Waals surface area contributed by atoms with Crippen molar-refractivity contribution in [2.45, 2.75) is 13.8 Å². The van der Waals surface area contributed by atoms with Crippen LogP contribution in [-0.2, 0) is 11.8 Å². The number of anilines is 1.